The van der Waals surface area contributed by atoms with Crippen molar-refractivity contribution in [2.45, 2.75) is 37.8 Å². The molecule has 1 rings (SSSR count). The van der Waals surface area contributed by atoms with E-state index in [2.05, 4.69) is 43.9 Å². The molecule has 1 aromatic rings. The predicted octanol–water partition coefficient (Wildman–Crippen LogP) is 2.45. The Morgan fingerprint density at radius 2 is 1.75 bits per heavy atom. The van der Waals surface area contributed by atoms with E-state index in [1.165, 1.54) is 5.56 Å². The highest BCUT2D eigenvalue weighted by atomic mass is 28.3. The molecule has 0 saturated carbocycles. The molecule has 2 atom stereocenters. The minimum absolute atomic E-state index is 0.133. The van der Waals surface area contributed by atoms with Gasteiger partial charge < -0.3 is 10.5 Å². The predicted molar refractivity (Wildman–Crippen MR) is 72.3 cm³/mol. The molecular formula is C13H23NOSi. The van der Waals surface area contributed by atoms with E-state index < -0.39 is 8.07 Å². The highest BCUT2D eigenvalue weighted by Gasteiger charge is 2.30. The standard InChI is InChI=1S/C13H23NOSi/c1-15-12(13(14)16(2,3)4)10-11-8-6-5-7-9-11/h5-9,12-13H,10,14H2,1-4H3. The molecule has 0 aromatic heterocycles. The molecule has 90 valence electrons. The van der Waals surface area contributed by atoms with Crippen molar-refractivity contribution in [2.24, 2.45) is 5.73 Å². The minimum Gasteiger partial charge on any atom is -0.380 e. The number of rotatable bonds is 5. The van der Waals surface area contributed by atoms with Crippen molar-refractivity contribution in [1.29, 1.82) is 0 Å². The van der Waals surface area contributed by atoms with E-state index in [-0.39, 0.29) is 11.8 Å². The summed E-state index contributed by atoms with van der Waals surface area (Å²) in [4.78, 5) is 0. The van der Waals surface area contributed by atoms with Crippen molar-refractivity contribution in [2.75, 3.05) is 7.11 Å². The van der Waals surface area contributed by atoms with Crippen LogP contribution >= 0.6 is 0 Å². The molecule has 0 aliphatic rings. The van der Waals surface area contributed by atoms with Crippen LogP contribution < -0.4 is 5.73 Å². The van der Waals surface area contributed by atoms with Crippen molar-refractivity contribution in [1.82, 2.24) is 0 Å². The van der Waals surface area contributed by atoms with E-state index in [9.17, 15) is 0 Å². The Morgan fingerprint density at radius 1 is 1.19 bits per heavy atom. The molecule has 2 nitrogen and oxygen atoms in total. The highest BCUT2D eigenvalue weighted by Crippen LogP contribution is 2.15. The molecule has 1 aromatic carbocycles. The van der Waals surface area contributed by atoms with E-state index in [4.69, 9.17) is 10.5 Å². The number of ether oxygens (including phenoxy) is 1. The maximum Gasteiger partial charge on any atom is 0.0735 e. The van der Waals surface area contributed by atoms with Crippen molar-refractivity contribution < 1.29 is 4.74 Å². The Hall–Kier alpha value is -0.643. The van der Waals surface area contributed by atoms with Gasteiger partial charge in [-0.25, -0.2) is 0 Å². The number of methoxy groups -OCH3 is 1. The van der Waals surface area contributed by atoms with Crippen LogP contribution in [-0.4, -0.2) is 27.0 Å². The zero-order valence-corrected chi connectivity index (χ0v) is 11.7. The highest BCUT2D eigenvalue weighted by molar-refractivity contribution is 6.77. The van der Waals surface area contributed by atoms with E-state index in [0.29, 0.717) is 0 Å². The summed E-state index contributed by atoms with van der Waals surface area (Å²) >= 11 is 0. The lowest BCUT2D eigenvalue weighted by atomic mass is 10.1. The van der Waals surface area contributed by atoms with Crippen molar-refractivity contribution in [3.63, 3.8) is 0 Å². The Labute approximate surface area is 99.8 Å². The maximum absolute atomic E-state index is 6.29. The third-order valence-electron chi connectivity index (χ3n) is 2.98. The molecule has 0 bridgehead atoms. The second kappa shape index (κ2) is 5.62. The molecule has 0 saturated heterocycles. The summed E-state index contributed by atoms with van der Waals surface area (Å²) in [5.41, 5.74) is 7.76. The first-order valence-electron chi connectivity index (χ1n) is 5.77. The Bertz CT molecular complexity index is 307. The summed E-state index contributed by atoms with van der Waals surface area (Å²) in [5, 5.41) is 0. The number of hydrogen-bond acceptors (Lipinski definition) is 2. The van der Waals surface area contributed by atoms with Gasteiger partial charge in [0.1, 0.15) is 0 Å². The second-order valence-corrected chi connectivity index (χ2v) is 10.8. The Kier molecular flexibility index (Phi) is 4.71. The van der Waals surface area contributed by atoms with Crippen LogP contribution in [0.15, 0.2) is 30.3 Å². The lowest BCUT2D eigenvalue weighted by Gasteiger charge is -2.32. The second-order valence-electron chi connectivity index (χ2n) is 5.36. The van der Waals surface area contributed by atoms with Gasteiger partial charge in [0, 0.05) is 12.8 Å². The lowest BCUT2D eigenvalue weighted by molar-refractivity contribution is 0.0976. The average Bonchev–Trinajstić information content (AvgIpc) is 2.25. The SMILES string of the molecule is COC(Cc1ccccc1)C(N)[Si](C)(C)C. The summed E-state index contributed by atoms with van der Waals surface area (Å²) in [7, 11) is 0.412. The summed E-state index contributed by atoms with van der Waals surface area (Å²) < 4.78 is 5.55. The van der Waals surface area contributed by atoms with Crippen LogP contribution in [0.4, 0.5) is 0 Å². The zero-order chi connectivity index (χ0) is 12.2. The molecule has 0 heterocycles. The van der Waals surface area contributed by atoms with Crippen LogP contribution in [0.3, 0.4) is 0 Å². The van der Waals surface area contributed by atoms with Crippen molar-refractivity contribution in [3.8, 4) is 0 Å². The third kappa shape index (κ3) is 3.74. The largest absolute Gasteiger partial charge is 0.380 e. The molecule has 3 heteroatoms. The van der Waals surface area contributed by atoms with Crippen molar-refractivity contribution >= 4 is 8.07 Å². The van der Waals surface area contributed by atoms with Gasteiger partial charge in [0.15, 0.2) is 0 Å². The van der Waals surface area contributed by atoms with E-state index in [0.717, 1.165) is 6.42 Å². The molecule has 16 heavy (non-hydrogen) atoms. The van der Waals surface area contributed by atoms with Crippen LogP contribution in [0, 0.1) is 0 Å². The fourth-order valence-electron chi connectivity index (χ4n) is 1.76. The average molecular weight is 237 g/mol. The van der Waals surface area contributed by atoms with Gasteiger partial charge >= 0.3 is 0 Å². The fraction of sp³-hybridized carbons (Fsp3) is 0.538. The Balaban J connectivity index is 2.70. The van der Waals surface area contributed by atoms with Crippen LogP contribution in [0.1, 0.15) is 5.56 Å². The van der Waals surface area contributed by atoms with Crippen LogP contribution in [0.2, 0.25) is 19.6 Å². The smallest absolute Gasteiger partial charge is 0.0735 e. The van der Waals surface area contributed by atoms with Crippen molar-refractivity contribution in [3.05, 3.63) is 35.9 Å². The van der Waals surface area contributed by atoms with Gasteiger partial charge in [-0.2, -0.15) is 0 Å². The minimum atomic E-state index is -1.35. The summed E-state index contributed by atoms with van der Waals surface area (Å²) in [6.07, 6.45) is 1.04. The Morgan fingerprint density at radius 3 is 2.19 bits per heavy atom. The fourth-order valence-corrected chi connectivity index (χ4v) is 3.13. The quantitative estimate of drug-likeness (QED) is 0.798. The first-order valence-corrected chi connectivity index (χ1v) is 9.35. The number of benzene rings is 1. The van der Waals surface area contributed by atoms with Gasteiger partial charge in [0.2, 0.25) is 0 Å². The normalized spacial score (nSPS) is 15.8. The van der Waals surface area contributed by atoms with Gasteiger partial charge in [-0.15, -0.1) is 0 Å². The molecule has 0 spiro atoms. The van der Waals surface area contributed by atoms with E-state index in [1.54, 1.807) is 7.11 Å². The molecule has 0 fully saturated rings. The molecule has 0 aliphatic carbocycles. The number of nitrogens with two attached hydrogens (primary N) is 1. The van der Waals surface area contributed by atoms with Gasteiger partial charge in [-0.3, -0.25) is 0 Å². The lowest BCUT2D eigenvalue weighted by Crippen LogP contribution is -2.54. The van der Waals surface area contributed by atoms with E-state index in [1.807, 2.05) is 6.07 Å². The van der Waals surface area contributed by atoms with Crippen LogP contribution in [0.25, 0.3) is 0 Å². The van der Waals surface area contributed by atoms with Crippen LogP contribution in [-0.2, 0) is 11.2 Å². The molecule has 2 unspecified atom stereocenters. The van der Waals surface area contributed by atoms with Crippen LogP contribution in [0.5, 0.6) is 0 Å². The van der Waals surface area contributed by atoms with Gasteiger partial charge in [-0.1, -0.05) is 50.0 Å². The first kappa shape index (κ1) is 13.4. The summed E-state index contributed by atoms with van der Waals surface area (Å²) in [6, 6.07) is 10.4. The molecule has 0 aliphatic heterocycles. The van der Waals surface area contributed by atoms with Gasteiger partial charge in [-0.05, 0) is 12.0 Å². The number of hydrogen-bond donors (Lipinski definition) is 1. The van der Waals surface area contributed by atoms with E-state index >= 15 is 0 Å². The topological polar surface area (TPSA) is 35.2 Å². The first-order chi connectivity index (χ1) is 7.45. The summed E-state index contributed by atoms with van der Waals surface area (Å²) in [5.74, 6) is 0. The third-order valence-corrected chi connectivity index (χ3v) is 5.35. The zero-order valence-electron chi connectivity index (χ0n) is 10.7. The van der Waals surface area contributed by atoms with Gasteiger partial charge in [0.05, 0.1) is 14.2 Å². The molecule has 2 N–H and O–H groups in total. The molecular weight excluding hydrogens is 214 g/mol. The molecule has 0 amide bonds. The van der Waals surface area contributed by atoms with Gasteiger partial charge in [0.25, 0.3) is 0 Å². The maximum atomic E-state index is 6.29. The monoisotopic (exact) mass is 237 g/mol. The summed E-state index contributed by atoms with van der Waals surface area (Å²) in [6.45, 7) is 6.86. The molecule has 0 radical (unpaired) electrons.